The molecule has 1 atom stereocenters. The van der Waals surface area contributed by atoms with E-state index in [1.54, 1.807) is 12.4 Å². The molecule has 0 aliphatic rings. The number of hydrogen-bond acceptors (Lipinski definition) is 5. The Kier molecular flexibility index (Phi) is 4.81. The van der Waals surface area contributed by atoms with Crippen molar-refractivity contribution in [2.24, 2.45) is 0 Å². The zero-order valence-electron chi connectivity index (χ0n) is 12.1. The first-order chi connectivity index (χ1) is 10.1. The lowest BCUT2D eigenvalue weighted by molar-refractivity contribution is -0.122. The van der Waals surface area contributed by atoms with Gasteiger partial charge in [0.2, 0.25) is 5.91 Å². The van der Waals surface area contributed by atoms with Crippen molar-refractivity contribution in [1.29, 1.82) is 0 Å². The molecule has 0 saturated heterocycles. The molecular formula is C13H18N6O2. The second-order valence-electron chi connectivity index (χ2n) is 4.70. The minimum atomic E-state index is -0.450. The number of nitrogens with zero attached hydrogens (tertiary/aromatic N) is 5. The number of carbonyl (C=O) groups is 1. The van der Waals surface area contributed by atoms with Crippen LogP contribution in [0.25, 0.3) is 0 Å². The fourth-order valence-electron chi connectivity index (χ4n) is 2.03. The first-order valence-corrected chi connectivity index (χ1v) is 6.80. The van der Waals surface area contributed by atoms with Crippen LogP contribution in [0.4, 0.5) is 0 Å². The van der Waals surface area contributed by atoms with Gasteiger partial charge in [-0.3, -0.25) is 9.36 Å². The lowest BCUT2D eigenvalue weighted by atomic mass is 10.3. The van der Waals surface area contributed by atoms with Crippen LogP contribution in [0.1, 0.15) is 32.1 Å². The van der Waals surface area contributed by atoms with Crippen molar-refractivity contribution in [2.45, 2.75) is 39.4 Å². The molecule has 0 radical (unpaired) electrons. The van der Waals surface area contributed by atoms with Crippen LogP contribution < -0.4 is 11.0 Å². The van der Waals surface area contributed by atoms with Crippen LogP contribution in [0.3, 0.4) is 0 Å². The van der Waals surface area contributed by atoms with Gasteiger partial charge in [-0.2, -0.15) is 0 Å². The largest absolute Gasteiger partial charge is 0.347 e. The maximum absolute atomic E-state index is 12.0. The topological polar surface area (TPSA) is 94.7 Å². The Labute approximate surface area is 121 Å². The van der Waals surface area contributed by atoms with Gasteiger partial charge in [-0.1, -0.05) is 6.92 Å². The van der Waals surface area contributed by atoms with Crippen LogP contribution in [0.2, 0.25) is 0 Å². The molecule has 0 unspecified atom stereocenters. The van der Waals surface area contributed by atoms with Crippen LogP contribution in [0, 0.1) is 0 Å². The SMILES string of the molecule is CCCn1cnnc1[C@@H](C)NC(=O)Cn1cccnc1=O. The fourth-order valence-corrected chi connectivity index (χ4v) is 2.03. The van der Waals surface area contributed by atoms with Gasteiger partial charge in [0.1, 0.15) is 12.9 Å². The van der Waals surface area contributed by atoms with Crippen molar-refractivity contribution in [1.82, 2.24) is 29.6 Å². The number of aromatic nitrogens is 5. The van der Waals surface area contributed by atoms with Crippen LogP contribution in [0.5, 0.6) is 0 Å². The van der Waals surface area contributed by atoms with Crippen molar-refractivity contribution < 1.29 is 4.79 Å². The van der Waals surface area contributed by atoms with Gasteiger partial charge in [0, 0.05) is 18.9 Å². The third kappa shape index (κ3) is 3.74. The van der Waals surface area contributed by atoms with E-state index >= 15 is 0 Å². The molecule has 2 aromatic heterocycles. The Bertz CT molecular complexity index is 662. The van der Waals surface area contributed by atoms with E-state index in [0.29, 0.717) is 5.82 Å². The maximum Gasteiger partial charge on any atom is 0.347 e. The molecule has 0 fully saturated rings. The zero-order valence-corrected chi connectivity index (χ0v) is 12.1. The highest BCUT2D eigenvalue weighted by Crippen LogP contribution is 2.09. The highest BCUT2D eigenvalue weighted by molar-refractivity contribution is 5.76. The van der Waals surface area contributed by atoms with Gasteiger partial charge in [-0.15, -0.1) is 10.2 Å². The molecule has 112 valence electrons. The third-order valence-corrected chi connectivity index (χ3v) is 2.97. The van der Waals surface area contributed by atoms with Crippen molar-refractivity contribution >= 4 is 5.91 Å². The Hall–Kier alpha value is -2.51. The lowest BCUT2D eigenvalue weighted by Crippen LogP contribution is -2.35. The maximum atomic E-state index is 12.0. The van der Waals surface area contributed by atoms with Gasteiger partial charge < -0.3 is 9.88 Å². The molecule has 2 rings (SSSR count). The number of aryl methyl sites for hydroxylation is 1. The Balaban J connectivity index is 2.01. The summed E-state index contributed by atoms with van der Waals surface area (Å²) in [7, 11) is 0. The summed E-state index contributed by atoms with van der Waals surface area (Å²) >= 11 is 0. The Morgan fingerprint density at radius 1 is 1.43 bits per heavy atom. The third-order valence-electron chi connectivity index (χ3n) is 2.97. The molecule has 0 aliphatic carbocycles. The molecule has 0 aliphatic heterocycles. The summed E-state index contributed by atoms with van der Waals surface area (Å²) in [6.45, 7) is 4.62. The molecule has 2 heterocycles. The summed E-state index contributed by atoms with van der Waals surface area (Å²) in [6, 6.07) is 1.33. The highest BCUT2D eigenvalue weighted by Gasteiger charge is 2.15. The smallest absolute Gasteiger partial charge is 0.345 e. The molecule has 8 nitrogen and oxygen atoms in total. The second kappa shape index (κ2) is 6.78. The van der Waals surface area contributed by atoms with Gasteiger partial charge >= 0.3 is 5.69 Å². The van der Waals surface area contributed by atoms with Gasteiger partial charge in [0.25, 0.3) is 0 Å². The van der Waals surface area contributed by atoms with E-state index in [2.05, 4.69) is 27.4 Å². The summed E-state index contributed by atoms with van der Waals surface area (Å²) in [5.74, 6) is 0.424. The number of amides is 1. The molecule has 0 saturated carbocycles. The average molecular weight is 290 g/mol. The summed E-state index contributed by atoms with van der Waals surface area (Å²) in [6.07, 6.45) is 5.52. The predicted molar refractivity (Wildman–Crippen MR) is 75.4 cm³/mol. The molecule has 0 bridgehead atoms. The number of nitrogens with one attached hydrogen (secondary N) is 1. The van der Waals surface area contributed by atoms with Crippen molar-refractivity contribution in [3.05, 3.63) is 41.1 Å². The Morgan fingerprint density at radius 3 is 2.95 bits per heavy atom. The normalized spacial score (nSPS) is 12.1. The van der Waals surface area contributed by atoms with E-state index in [9.17, 15) is 9.59 Å². The number of hydrogen-bond donors (Lipinski definition) is 1. The Morgan fingerprint density at radius 2 is 2.24 bits per heavy atom. The van der Waals surface area contributed by atoms with Gasteiger partial charge in [-0.05, 0) is 19.4 Å². The summed E-state index contributed by atoms with van der Waals surface area (Å²) in [5.41, 5.74) is -0.450. The quantitative estimate of drug-likeness (QED) is 0.815. The first-order valence-electron chi connectivity index (χ1n) is 6.80. The standard InChI is InChI=1S/C13H18N6O2/c1-3-6-19-9-15-17-12(19)10(2)16-11(20)8-18-7-4-5-14-13(18)21/h4-5,7,9-10H,3,6,8H2,1-2H3,(H,16,20)/t10-/m1/s1. The number of rotatable bonds is 6. The van der Waals surface area contributed by atoms with E-state index in [1.807, 2.05) is 11.5 Å². The molecule has 2 aromatic rings. The van der Waals surface area contributed by atoms with Crippen molar-refractivity contribution in [3.63, 3.8) is 0 Å². The van der Waals surface area contributed by atoms with Crippen LogP contribution in [-0.4, -0.2) is 30.2 Å². The van der Waals surface area contributed by atoms with E-state index in [-0.39, 0.29) is 18.5 Å². The molecule has 0 aromatic carbocycles. The van der Waals surface area contributed by atoms with Gasteiger partial charge in [-0.25, -0.2) is 9.78 Å². The highest BCUT2D eigenvalue weighted by atomic mass is 16.2. The van der Waals surface area contributed by atoms with Crippen LogP contribution in [-0.2, 0) is 17.9 Å². The van der Waals surface area contributed by atoms with Crippen LogP contribution >= 0.6 is 0 Å². The predicted octanol–water partition coefficient (Wildman–Crippen LogP) is 0.122. The minimum Gasteiger partial charge on any atom is -0.345 e. The summed E-state index contributed by atoms with van der Waals surface area (Å²) < 4.78 is 3.15. The molecule has 21 heavy (non-hydrogen) atoms. The van der Waals surface area contributed by atoms with Gasteiger partial charge in [0.15, 0.2) is 5.82 Å². The number of carbonyl (C=O) groups excluding carboxylic acids is 1. The van der Waals surface area contributed by atoms with E-state index < -0.39 is 5.69 Å². The average Bonchev–Trinajstić information content (AvgIpc) is 2.90. The van der Waals surface area contributed by atoms with Crippen LogP contribution in [0.15, 0.2) is 29.6 Å². The lowest BCUT2D eigenvalue weighted by Gasteiger charge is -2.14. The van der Waals surface area contributed by atoms with E-state index in [1.165, 1.54) is 17.0 Å². The molecule has 1 N–H and O–H groups in total. The second-order valence-corrected chi connectivity index (χ2v) is 4.70. The fraction of sp³-hybridized carbons (Fsp3) is 0.462. The molecule has 0 spiro atoms. The monoisotopic (exact) mass is 290 g/mol. The minimum absolute atomic E-state index is 0.0705. The van der Waals surface area contributed by atoms with E-state index in [4.69, 9.17) is 0 Å². The van der Waals surface area contributed by atoms with Crippen molar-refractivity contribution in [3.8, 4) is 0 Å². The van der Waals surface area contributed by atoms with E-state index in [0.717, 1.165) is 13.0 Å². The first kappa shape index (κ1) is 14.9. The molecule has 1 amide bonds. The van der Waals surface area contributed by atoms with Gasteiger partial charge in [0.05, 0.1) is 6.04 Å². The summed E-state index contributed by atoms with van der Waals surface area (Å²) in [4.78, 5) is 27.0. The zero-order chi connectivity index (χ0) is 15.2. The van der Waals surface area contributed by atoms with Crippen molar-refractivity contribution in [2.75, 3.05) is 0 Å². The summed E-state index contributed by atoms with van der Waals surface area (Å²) in [5, 5.41) is 10.7. The molecular weight excluding hydrogens is 272 g/mol. The molecule has 8 heteroatoms.